The molecule has 1 unspecified atom stereocenters. The van der Waals surface area contributed by atoms with Gasteiger partial charge in [-0.05, 0) is 37.0 Å². The first-order chi connectivity index (χ1) is 9.47. The van der Waals surface area contributed by atoms with Crippen LogP contribution in [0.15, 0.2) is 24.3 Å². The molecule has 0 bridgehead atoms. The minimum absolute atomic E-state index is 0.0635. The number of hydrogen-bond acceptors (Lipinski definition) is 2. The number of carbonyl (C=O) groups excluding carboxylic acids is 1. The van der Waals surface area contributed by atoms with E-state index >= 15 is 0 Å². The van der Waals surface area contributed by atoms with E-state index < -0.39 is 5.97 Å². The van der Waals surface area contributed by atoms with E-state index in [4.69, 9.17) is 5.11 Å². The third kappa shape index (κ3) is 3.79. The zero-order chi connectivity index (χ0) is 14.7. The number of amides is 1. The van der Waals surface area contributed by atoms with E-state index in [-0.39, 0.29) is 30.2 Å². The Labute approximate surface area is 117 Å². The van der Waals surface area contributed by atoms with Gasteiger partial charge in [0.05, 0.1) is 0 Å². The Morgan fingerprint density at radius 2 is 2.15 bits per heavy atom. The summed E-state index contributed by atoms with van der Waals surface area (Å²) in [6.45, 7) is 1.50. The van der Waals surface area contributed by atoms with Gasteiger partial charge in [-0.3, -0.25) is 9.59 Å². The molecule has 1 atom stereocenters. The van der Waals surface area contributed by atoms with Gasteiger partial charge in [-0.1, -0.05) is 19.1 Å². The van der Waals surface area contributed by atoms with Crippen LogP contribution in [0.4, 0.5) is 4.39 Å². The second-order valence-electron chi connectivity index (χ2n) is 5.33. The van der Waals surface area contributed by atoms with Crippen LogP contribution in [0.2, 0.25) is 0 Å². The summed E-state index contributed by atoms with van der Waals surface area (Å²) in [7, 11) is 0. The van der Waals surface area contributed by atoms with Gasteiger partial charge in [0.1, 0.15) is 12.4 Å². The lowest BCUT2D eigenvalue weighted by molar-refractivity contribution is -0.146. The smallest absolute Gasteiger partial charge is 0.323 e. The minimum atomic E-state index is -0.997. The highest BCUT2D eigenvalue weighted by atomic mass is 19.1. The predicted octanol–water partition coefficient (Wildman–Crippen LogP) is 2.08. The molecule has 1 aliphatic rings. The summed E-state index contributed by atoms with van der Waals surface area (Å²) in [4.78, 5) is 24.6. The van der Waals surface area contributed by atoms with Crippen molar-refractivity contribution in [2.45, 2.75) is 32.2 Å². The van der Waals surface area contributed by atoms with Crippen molar-refractivity contribution >= 4 is 11.9 Å². The zero-order valence-corrected chi connectivity index (χ0v) is 11.4. The maximum absolute atomic E-state index is 13.1. The third-order valence-corrected chi connectivity index (χ3v) is 3.43. The fraction of sp³-hybridized carbons (Fsp3) is 0.467. The molecule has 108 valence electrons. The third-order valence-electron chi connectivity index (χ3n) is 3.43. The van der Waals surface area contributed by atoms with Crippen molar-refractivity contribution in [2.24, 2.45) is 5.92 Å². The first-order valence-electron chi connectivity index (χ1n) is 6.74. The lowest BCUT2D eigenvalue weighted by atomic mass is 9.99. The summed E-state index contributed by atoms with van der Waals surface area (Å²) < 4.78 is 13.1. The van der Waals surface area contributed by atoms with Crippen LogP contribution in [0.5, 0.6) is 0 Å². The van der Waals surface area contributed by atoms with Crippen molar-refractivity contribution in [1.82, 2.24) is 4.90 Å². The normalized spacial score (nSPS) is 15.7. The number of nitrogens with zero attached hydrogens (tertiary/aromatic N) is 1. The largest absolute Gasteiger partial charge is 0.480 e. The van der Waals surface area contributed by atoms with Gasteiger partial charge in [0, 0.05) is 12.0 Å². The Hall–Kier alpha value is -1.91. The number of benzene rings is 1. The number of rotatable bonds is 6. The molecular weight excluding hydrogens is 261 g/mol. The highest BCUT2D eigenvalue weighted by molar-refractivity contribution is 5.83. The molecule has 4 nitrogen and oxygen atoms in total. The molecule has 1 fully saturated rings. The summed E-state index contributed by atoms with van der Waals surface area (Å²) in [5.74, 6) is -1.84. The predicted molar refractivity (Wildman–Crippen MR) is 71.6 cm³/mol. The molecule has 0 heterocycles. The van der Waals surface area contributed by atoms with E-state index in [1.54, 1.807) is 19.1 Å². The SMILES string of the molecule is CC(Cc1cccc(F)c1)C(=O)N(CC(=O)O)C1CC1. The van der Waals surface area contributed by atoms with Gasteiger partial charge in [-0.15, -0.1) is 0 Å². The Morgan fingerprint density at radius 1 is 1.45 bits per heavy atom. The molecule has 0 aromatic heterocycles. The Balaban J connectivity index is 2.01. The van der Waals surface area contributed by atoms with E-state index in [9.17, 15) is 14.0 Å². The van der Waals surface area contributed by atoms with Gasteiger partial charge in [-0.2, -0.15) is 0 Å². The average molecular weight is 279 g/mol. The zero-order valence-electron chi connectivity index (χ0n) is 11.4. The van der Waals surface area contributed by atoms with Crippen molar-refractivity contribution < 1.29 is 19.1 Å². The van der Waals surface area contributed by atoms with Crippen molar-refractivity contribution in [3.63, 3.8) is 0 Å². The molecule has 1 aromatic carbocycles. The number of carbonyl (C=O) groups is 2. The monoisotopic (exact) mass is 279 g/mol. The molecule has 5 heteroatoms. The maximum atomic E-state index is 13.1. The van der Waals surface area contributed by atoms with Crippen LogP contribution in [0, 0.1) is 11.7 Å². The van der Waals surface area contributed by atoms with Crippen molar-refractivity contribution in [2.75, 3.05) is 6.54 Å². The summed E-state index contributed by atoms with van der Waals surface area (Å²) >= 11 is 0. The van der Waals surface area contributed by atoms with Gasteiger partial charge < -0.3 is 10.0 Å². The van der Waals surface area contributed by atoms with E-state index in [1.165, 1.54) is 17.0 Å². The van der Waals surface area contributed by atoms with Gasteiger partial charge in [0.25, 0.3) is 0 Å². The van der Waals surface area contributed by atoms with E-state index in [2.05, 4.69) is 0 Å². The van der Waals surface area contributed by atoms with Crippen LogP contribution in [0.3, 0.4) is 0 Å². The molecule has 0 radical (unpaired) electrons. The maximum Gasteiger partial charge on any atom is 0.323 e. The van der Waals surface area contributed by atoms with Crippen molar-refractivity contribution in [1.29, 1.82) is 0 Å². The number of aliphatic carboxylic acids is 1. The van der Waals surface area contributed by atoms with Crippen LogP contribution in [0.25, 0.3) is 0 Å². The van der Waals surface area contributed by atoms with Crippen LogP contribution in [-0.4, -0.2) is 34.5 Å². The van der Waals surface area contributed by atoms with Crippen LogP contribution in [0.1, 0.15) is 25.3 Å². The van der Waals surface area contributed by atoms with Crippen LogP contribution in [-0.2, 0) is 16.0 Å². The van der Waals surface area contributed by atoms with Crippen LogP contribution < -0.4 is 0 Å². The van der Waals surface area contributed by atoms with Crippen LogP contribution >= 0.6 is 0 Å². The number of carboxylic acid groups (broad SMARTS) is 1. The fourth-order valence-corrected chi connectivity index (χ4v) is 2.31. The standard InChI is InChI=1S/C15H18FNO3/c1-10(7-11-3-2-4-12(16)8-11)15(20)17(9-14(18)19)13-5-6-13/h2-4,8,10,13H,5-7,9H2,1H3,(H,18,19). The fourth-order valence-electron chi connectivity index (χ4n) is 2.31. The molecule has 0 saturated heterocycles. The highest BCUT2D eigenvalue weighted by Crippen LogP contribution is 2.28. The molecule has 1 aliphatic carbocycles. The first kappa shape index (κ1) is 14.5. The molecule has 1 saturated carbocycles. The van der Waals surface area contributed by atoms with E-state index in [1.807, 2.05) is 0 Å². The van der Waals surface area contributed by atoms with Crippen molar-refractivity contribution in [3.8, 4) is 0 Å². The topological polar surface area (TPSA) is 57.6 Å². The Morgan fingerprint density at radius 3 is 2.70 bits per heavy atom. The molecule has 0 spiro atoms. The summed E-state index contributed by atoms with van der Waals surface area (Å²) in [5.41, 5.74) is 0.747. The molecule has 20 heavy (non-hydrogen) atoms. The molecule has 1 aromatic rings. The van der Waals surface area contributed by atoms with E-state index in [0.717, 1.165) is 18.4 Å². The Bertz CT molecular complexity index is 514. The summed E-state index contributed by atoms with van der Waals surface area (Å²) in [6.07, 6.45) is 2.15. The van der Waals surface area contributed by atoms with Gasteiger partial charge in [0.15, 0.2) is 0 Å². The average Bonchev–Trinajstić information content (AvgIpc) is 3.19. The van der Waals surface area contributed by atoms with Gasteiger partial charge >= 0.3 is 5.97 Å². The lowest BCUT2D eigenvalue weighted by Crippen LogP contribution is -2.41. The lowest BCUT2D eigenvalue weighted by Gasteiger charge is -2.24. The number of halogens is 1. The van der Waals surface area contributed by atoms with Crippen molar-refractivity contribution in [3.05, 3.63) is 35.6 Å². The highest BCUT2D eigenvalue weighted by Gasteiger charge is 2.35. The Kier molecular flexibility index (Phi) is 4.37. The molecule has 1 N–H and O–H groups in total. The molecule has 0 aliphatic heterocycles. The molecular formula is C15H18FNO3. The first-order valence-corrected chi connectivity index (χ1v) is 6.74. The number of carboxylic acids is 1. The molecule has 1 amide bonds. The summed E-state index contributed by atoms with van der Waals surface area (Å²) in [6, 6.07) is 6.20. The minimum Gasteiger partial charge on any atom is -0.480 e. The quantitative estimate of drug-likeness (QED) is 0.867. The van der Waals surface area contributed by atoms with Gasteiger partial charge in [-0.25, -0.2) is 4.39 Å². The number of hydrogen-bond donors (Lipinski definition) is 1. The molecule has 2 rings (SSSR count). The summed E-state index contributed by atoms with van der Waals surface area (Å²) in [5, 5.41) is 8.87. The second-order valence-corrected chi connectivity index (χ2v) is 5.33. The second kappa shape index (κ2) is 6.03. The van der Waals surface area contributed by atoms with Gasteiger partial charge in [0.2, 0.25) is 5.91 Å². The van der Waals surface area contributed by atoms with E-state index in [0.29, 0.717) is 6.42 Å².